The van der Waals surface area contributed by atoms with E-state index in [0.717, 1.165) is 22.2 Å². The zero-order valence-corrected chi connectivity index (χ0v) is 24.2. The number of aromatic nitrogens is 3. The second-order valence-corrected chi connectivity index (χ2v) is 11.5. The van der Waals surface area contributed by atoms with Crippen molar-refractivity contribution in [1.82, 2.24) is 15.0 Å². The van der Waals surface area contributed by atoms with Crippen molar-refractivity contribution in [3.63, 3.8) is 0 Å². The predicted molar refractivity (Wildman–Crippen MR) is 159 cm³/mol. The highest BCUT2D eigenvalue weighted by Gasteiger charge is 2.43. The predicted octanol–water partition coefficient (Wildman–Crippen LogP) is 7.83. The molecule has 1 aliphatic rings. The Morgan fingerprint density at radius 3 is 2.65 bits per heavy atom. The molecule has 9 heteroatoms. The molecule has 3 heterocycles. The number of imidazole rings is 1. The van der Waals surface area contributed by atoms with Gasteiger partial charge in [-0.25, -0.2) is 13.8 Å². The number of H-pyrrole nitrogens is 2. The Bertz CT molecular complexity index is 1800. The molecule has 3 N–H and O–H groups in total. The fraction of sp³-hybridized carbons (Fsp3) is 0.294. The van der Waals surface area contributed by atoms with Crippen molar-refractivity contribution in [2.75, 3.05) is 0 Å². The summed E-state index contributed by atoms with van der Waals surface area (Å²) in [6.45, 7) is 5.84. The Morgan fingerprint density at radius 2 is 1.88 bits per heavy atom. The second kappa shape index (κ2) is 11.3. The molecule has 222 valence electrons. The maximum Gasteiger partial charge on any atom is 0.303 e. The molecule has 0 amide bonds. The summed E-state index contributed by atoms with van der Waals surface area (Å²) in [5.74, 6) is -1.18. The van der Waals surface area contributed by atoms with Crippen LogP contribution < -0.4 is 4.74 Å². The minimum absolute atomic E-state index is 0.0424. The van der Waals surface area contributed by atoms with E-state index in [4.69, 9.17) is 9.47 Å². The summed E-state index contributed by atoms with van der Waals surface area (Å²) in [7, 11) is 0. The summed E-state index contributed by atoms with van der Waals surface area (Å²) in [4.78, 5) is 22.2. The first-order chi connectivity index (χ1) is 20.6. The zero-order valence-electron chi connectivity index (χ0n) is 24.2. The Kier molecular flexibility index (Phi) is 7.52. The van der Waals surface area contributed by atoms with Gasteiger partial charge < -0.3 is 24.5 Å². The molecule has 2 atom stereocenters. The molecule has 2 unspecified atom stereocenters. The molecular formula is C34H33F2N3O4. The molecule has 3 aromatic carbocycles. The van der Waals surface area contributed by atoms with Gasteiger partial charge in [0.15, 0.2) is 11.6 Å². The van der Waals surface area contributed by atoms with E-state index < -0.39 is 23.0 Å². The number of rotatable bonds is 8. The van der Waals surface area contributed by atoms with Gasteiger partial charge in [0.1, 0.15) is 17.4 Å². The number of nitrogens with one attached hydrogen (secondary N) is 2. The summed E-state index contributed by atoms with van der Waals surface area (Å²) < 4.78 is 42.3. The van der Waals surface area contributed by atoms with Crippen LogP contribution in [0.15, 0.2) is 67.0 Å². The molecule has 0 spiro atoms. The molecule has 1 fully saturated rings. The van der Waals surface area contributed by atoms with E-state index in [1.807, 2.05) is 38.1 Å². The van der Waals surface area contributed by atoms with E-state index in [-0.39, 0.29) is 35.7 Å². The van der Waals surface area contributed by atoms with Crippen LogP contribution in [0.1, 0.15) is 55.5 Å². The first kappa shape index (κ1) is 28.6. The molecule has 7 nitrogen and oxygen atoms in total. The van der Waals surface area contributed by atoms with Gasteiger partial charge in [-0.2, -0.15) is 0 Å². The largest absolute Gasteiger partial charge is 0.481 e. The fourth-order valence-corrected chi connectivity index (χ4v) is 6.46. The lowest BCUT2D eigenvalue weighted by molar-refractivity contribution is -0.136. The van der Waals surface area contributed by atoms with Gasteiger partial charge in [0.2, 0.25) is 0 Å². The van der Waals surface area contributed by atoms with Gasteiger partial charge in [0, 0.05) is 52.5 Å². The number of aryl methyl sites for hydroxylation is 2. The van der Waals surface area contributed by atoms with E-state index in [1.165, 1.54) is 24.3 Å². The van der Waals surface area contributed by atoms with Gasteiger partial charge in [-0.3, -0.25) is 4.79 Å². The zero-order chi connectivity index (χ0) is 30.3. The molecule has 6 rings (SSSR count). The maximum atomic E-state index is 15.3. The normalized spacial score (nSPS) is 20.4. The number of carboxylic acids is 1. The van der Waals surface area contributed by atoms with Crippen molar-refractivity contribution < 1.29 is 28.2 Å². The Morgan fingerprint density at radius 1 is 1.09 bits per heavy atom. The molecule has 0 saturated carbocycles. The van der Waals surface area contributed by atoms with E-state index in [0.29, 0.717) is 36.2 Å². The van der Waals surface area contributed by atoms with Crippen LogP contribution >= 0.6 is 0 Å². The Balaban J connectivity index is 1.37. The SMILES string of the molecule is Cc1c(Oc2ccc(F)c(-c3ncc(C4(c5cccc(CCC(=O)O)c5)CC(C)OC(C)C4)[nH]3)c2)c(F)cc2[nH]ccc12. The highest BCUT2D eigenvalue weighted by atomic mass is 19.1. The summed E-state index contributed by atoms with van der Waals surface area (Å²) in [5, 5.41) is 10.0. The number of nitrogens with zero attached hydrogens (tertiary/aromatic N) is 1. The highest BCUT2D eigenvalue weighted by Crippen LogP contribution is 2.45. The molecular weight excluding hydrogens is 552 g/mol. The van der Waals surface area contributed by atoms with E-state index >= 15 is 4.39 Å². The lowest BCUT2D eigenvalue weighted by atomic mass is 9.68. The molecule has 0 aliphatic carbocycles. The molecule has 0 bridgehead atoms. The topological polar surface area (TPSA) is 100 Å². The summed E-state index contributed by atoms with van der Waals surface area (Å²) in [5.41, 5.74) is 3.76. The monoisotopic (exact) mass is 585 g/mol. The molecule has 1 saturated heterocycles. The van der Waals surface area contributed by atoms with E-state index in [1.54, 1.807) is 19.3 Å². The fourth-order valence-electron chi connectivity index (χ4n) is 6.46. The van der Waals surface area contributed by atoms with Crippen LogP contribution in [-0.2, 0) is 21.4 Å². The third kappa shape index (κ3) is 5.52. The molecule has 43 heavy (non-hydrogen) atoms. The number of ether oxygens (including phenoxy) is 2. The number of fused-ring (bicyclic) bond motifs is 1. The highest BCUT2D eigenvalue weighted by molar-refractivity contribution is 5.85. The average molecular weight is 586 g/mol. The quantitative estimate of drug-likeness (QED) is 0.172. The van der Waals surface area contributed by atoms with Gasteiger partial charge >= 0.3 is 5.97 Å². The van der Waals surface area contributed by atoms with Crippen LogP contribution in [0, 0.1) is 18.6 Å². The summed E-state index contributed by atoms with van der Waals surface area (Å²) >= 11 is 0. The van der Waals surface area contributed by atoms with Crippen molar-refractivity contribution in [1.29, 1.82) is 0 Å². The van der Waals surface area contributed by atoms with Gasteiger partial charge in [-0.1, -0.05) is 24.3 Å². The standard InChI is InChI=1S/C34H33F2N3O4/c1-19-16-34(17-20(2)42-19,23-6-4-5-22(13-23)7-10-31(40)41)30-18-38-33(39-30)26-14-24(8-9-27(26)35)43-32-21(3)25-11-12-37-29(25)15-28(32)36/h4-6,8-9,11-15,18-20,37H,7,10,16-17H2,1-3H3,(H,38,39)(H,40,41). The van der Waals surface area contributed by atoms with Gasteiger partial charge in [0.05, 0.1) is 17.8 Å². The van der Waals surface area contributed by atoms with Crippen LogP contribution in [0.5, 0.6) is 11.5 Å². The van der Waals surface area contributed by atoms with Crippen LogP contribution in [0.2, 0.25) is 0 Å². The number of carboxylic acid groups (broad SMARTS) is 1. The van der Waals surface area contributed by atoms with Crippen molar-refractivity contribution >= 4 is 16.9 Å². The third-order valence-corrected chi connectivity index (χ3v) is 8.36. The second-order valence-electron chi connectivity index (χ2n) is 11.5. The number of halogens is 2. The number of hydrogen-bond acceptors (Lipinski definition) is 4. The minimum Gasteiger partial charge on any atom is -0.481 e. The van der Waals surface area contributed by atoms with Gasteiger partial charge in [-0.05, 0) is 75.4 Å². The Hall–Kier alpha value is -4.50. The van der Waals surface area contributed by atoms with E-state index in [9.17, 15) is 14.3 Å². The number of benzene rings is 3. The number of hydrogen-bond donors (Lipinski definition) is 3. The van der Waals surface area contributed by atoms with Gasteiger partial charge in [0.25, 0.3) is 0 Å². The average Bonchev–Trinajstić information content (AvgIpc) is 3.65. The van der Waals surface area contributed by atoms with Crippen LogP contribution in [-0.4, -0.2) is 38.2 Å². The molecule has 5 aromatic rings. The first-order valence-electron chi connectivity index (χ1n) is 14.4. The van der Waals surface area contributed by atoms with Crippen LogP contribution in [0.3, 0.4) is 0 Å². The van der Waals surface area contributed by atoms with Crippen LogP contribution in [0.25, 0.3) is 22.3 Å². The molecule has 1 aliphatic heterocycles. The van der Waals surface area contributed by atoms with Crippen molar-refractivity contribution in [3.8, 4) is 22.9 Å². The third-order valence-electron chi connectivity index (χ3n) is 8.36. The molecule has 2 aromatic heterocycles. The van der Waals surface area contributed by atoms with E-state index in [2.05, 4.69) is 21.0 Å². The number of carbonyl (C=O) groups is 1. The maximum absolute atomic E-state index is 15.3. The van der Waals surface area contributed by atoms with Crippen molar-refractivity contribution in [3.05, 3.63) is 101 Å². The lowest BCUT2D eigenvalue weighted by Crippen LogP contribution is -2.42. The first-order valence-corrected chi connectivity index (χ1v) is 14.4. The summed E-state index contributed by atoms with van der Waals surface area (Å²) in [6.07, 6.45) is 5.15. The van der Waals surface area contributed by atoms with Gasteiger partial charge in [-0.15, -0.1) is 0 Å². The number of aromatic amines is 2. The smallest absolute Gasteiger partial charge is 0.303 e. The van der Waals surface area contributed by atoms with Crippen molar-refractivity contribution in [2.24, 2.45) is 0 Å². The lowest BCUT2D eigenvalue weighted by Gasteiger charge is -2.43. The summed E-state index contributed by atoms with van der Waals surface area (Å²) in [6, 6.07) is 15.5. The minimum atomic E-state index is -0.845. The van der Waals surface area contributed by atoms with Crippen molar-refractivity contribution in [2.45, 2.75) is 64.1 Å². The number of aliphatic carboxylic acids is 1. The Labute approximate surface area is 247 Å². The van der Waals surface area contributed by atoms with Crippen LogP contribution in [0.4, 0.5) is 8.78 Å². The molecule has 0 radical (unpaired) electrons.